The van der Waals surface area contributed by atoms with Crippen molar-refractivity contribution < 1.29 is 46.9 Å². The summed E-state index contributed by atoms with van der Waals surface area (Å²) in [5, 5.41) is 23.3. The van der Waals surface area contributed by atoms with Crippen molar-refractivity contribution in [2.24, 2.45) is 0 Å². The maximum Gasteiger partial charge on any atom is 0.459 e. The Morgan fingerprint density at radius 1 is 1.21 bits per heavy atom. The number of H-pyrrole nitrogens is 1. The van der Waals surface area contributed by atoms with E-state index in [2.05, 4.69) is 5.09 Å². The van der Waals surface area contributed by atoms with Gasteiger partial charge in [-0.2, -0.15) is 5.09 Å². The van der Waals surface area contributed by atoms with Crippen LogP contribution in [0.25, 0.3) is 0 Å². The van der Waals surface area contributed by atoms with Crippen LogP contribution in [0.5, 0.6) is 5.75 Å². The number of para-hydroxylation sites is 1. The Kier molecular flexibility index (Phi) is 9.23. The summed E-state index contributed by atoms with van der Waals surface area (Å²) in [4.78, 5) is 37.6. The zero-order chi connectivity index (χ0) is 28.3. The summed E-state index contributed by atoms with van der Waals surface area (Å²) in [5.74, 6) is -0.849. The molecule has 2 heterocycles. The summed E-state index contributed by atoms with van der Waals surface area (Å²) < 4.78 is 63.9. The summed E-state index contributed by atoms with van der Waals surface area (Å²) in [7, 11) is -4.66. The third-order valence-electron chi connectivity index (χ3n) is 5.44. The van der Waals surface area contributed by atoms with E-state index in [1.54, 1.807) is 19.9 Å². The number of rotatable bonds is 11. The Morgan fingerprint density at radius 3 is 2.45 bits per heavy atom. The number of carbonyl (C=O) groups excluding carboxylic acids is 1. The second kappa shape index (κ2) is 11.8. The van der Waals surface area contributed by atoms with Crippen LogP contribution in [0, 0.1) is 0 Å². The third kappa shape index (κ3) is 6.54. The van der Waals surface area contributed by atoms with Gasteiger partial charge < -0.3 is 24.2 Å². The van der Waals surface area contributed by atoms with E-state index < -0.39 is 74.2 Å². The summed E-state index contributed by atoms with van der Waals surface area (Å²) in [6.45, 7) is 3.13. The van der Waals surface area contributed by atoms with E-state index in [4.69, 9.17) is 18.5 Å². The molecule has 1 aromatic heterocycles. The first-order valence-electron chi connectivity index (χ1n) is 11.4. The molecular weight excluding hydrogens is 535 g/mol. The van der Waals surface area contributed by atoms with E-state index >= 15 is 0 Å². The first-order valence-corrected chi connectivity index (χ1v) is 12.9. The molecule has 3 rings (SSSR count). The van der Waals surface area contributed by atoms with Crippen LogP contribution in [0.15, 0.2) is 52.2 Å². The Hall–Kier alpha value is -2.94. The van der Waals surface area contributed by atoms with Gasteiger partial charge in [0.15, 0.2) is 11.8 Å². The predicted molar refractivity (Wildman–Crippen MR) is 127 cm³/mol. The van der Waals surface area contributed by atoms with Crippen molar-refractivity contribution in [3.63, 3.8) is 0 Å². The minimum atomic E-state index is -4.66. The second-order valence-corrected chi connectivity index (χ2v) is 10.4. The molecule has 0 bridgehead atoms. The first-order chi connectivity index (χ1) is 17.8. The highest BCUT2D eigenvalue weighted by Gasteiger charge is 2.61. The smallest absolute Gasteiger partial charge is 0.459 e. The van der Waals surface area contributed by atoms with Crippen molar-refractivity contribution in [3.05, 3.63) is 63.4 Å². The maximum absolute atomic E-state index is 14.4. The van der Waals surface area contributed by atoms with E-state index in [-0.39, 0.29) is 5.75 Å². The molecule has 13 nitrogen and oxygen atoms in total. The Balaban J connectivity index is 1.90. The lowest BCUT2D eigenvalue weighted by molar-refractivity contribution is -0.192. The molecule has 4 N–H and O–H groups in total. The molecule has 210 valence electrons. The van der Waals surface area contributed by atoms with E-state index in [9.17, 15) is 37.9 Å². The van der Waals surface area contributed by atoms with Crippen LogP contribution in [0.3, 0.4) is 0 Å². The van der Waals surface area contributed by atoms with Gasteiger partial charge in [0.2, 0.25) is 0 Å². The van der Waals surface area contributed by atoms with Gasteiger partial charge in [0.1, 0.15) is 24.0 Å². The number of alkyl halides is 2. The standard InChI is InChI=1S/C22H28F2N3O10P/c1-12(2)35-19(31)13(3)26-38(33,37-14-7-5-4-6-8-14)34-11-22(20(23)24)17(30)16(29)18(36-22)27-10-9-15(28)25-21(27)32/h4-10,12-13,16-18,20,29-30H,11H2,1-3H3,(H,26,33)(H,25,28,32)/t13-,16+,17+,18+,22+,38?/m0/s1. The lowest BCUT2D eigenvalue weighted by Crippen LogP contribution is -2.53. The quantitative estimate of drug-likeness (QED) is 0.226. The van der Waals surface area contributed by atoms with Crippen LogP contribution >= 0.6 is 7.75 Å². The lowest BCUT2D eigenvalue weighted by atomic mass is 9.96. The number of hydrogen-bond acceptors (Lipinski definition) is 10. The molecule has 6 atom stereocenters. The minimum Gasteiger partial charge on any atom is -0.462 e. The molecule has 16 heteroatoms. The van der Waals surface area contributed by atoms with Crippen molar-refractivity contribution in [3.8, 4) is 5.75 Å². The number of nitrogens with zero attached hydrogens (tertiary/aromatic N) is 1. The number of esters is 1. The topological polar surface area (TPSA) is 178 Å². The predicted octanol–water partition coefficient (Wildman–Crippen LogP) is 0.925. The second-order valence-electron chi connectivity index (χ2n) is 8.73. The summed E-state index contributed by atoms with van der Waals surface area (Å²) >= 11 is 0. The number of aromatic amines is 1. The van der Waals surface area contributed by atoms with Crippen molar-refractivity contribution in [1.29, 1.82) is 0 Å². The Morgan fingerprint density at radius 2 is 1.87 bits per heavy atom. The number of aromatic nitrogens is 2. The number of aliphatic hydroxyl groups excluding tert-OH is 2. The molecule has 1 aliphatic heterocycles. The summed E-state index contributed by atoms with van der Waals surface area (Å²) in [6.07, 6.45) is -9.46. The summed E-state index contributed by atoms with van der Waals surface area (Å²) in [5.41, 5.74) is -4.89. The van der Waals surface area contributed by atoms with Crippen LogP contribution in [-0.4, -0.2) is 68.7 Å². The van der Waals surface area contributed by atoms with Crippen molar-refractivity contribution in [2.75, 3.05) is 6.61 Å². The molecule has 1 fully saturated rings. The van der Waals surface area contributed by atoms with Gasteiger partial charge in [-0.05, 0) is 32.9 Å². The van der Waals surface area contributed by atoms with Gasteiger partial charge in [-0.15, -0.1) is 0 Å². The van der Waals surface area contributed by atoms with E-state index in [1.807, 2.05) is 4.98 Å². The average Bonchev–Trinajstić information content (AvgIpc) is 3.09. The molecule has 0 saturated carbocycles. The van der Waals surface area contributed by atoms with Crippen LogP contribution in [0.2, 0.25) is 0 Å². The molecule has 1 saturated heterocycles. The first kappa shape index (κ1) is 29.6. The highest BCUT2D eigenvalue weighted by atomic mass is 31.2. The highest BCUT2D eigenvalue weighted by Crippen LogP contribution is 2.49. The molecule has 0 aliphatic carbocycles. The van der Waals surface area contributed by atoms with Gasteiger partial charge >= 0.3 is 19.4 Å². The van der Waals surface area contributed by atoms with Gasteiger partial charge in [-0.3, -0.25) is 23.7 Å². The molecule has 0 amide bonds. The fourth-order valence-corrected chi connectivity index (χ4v) is 5.07. The number of hydrogen-bond donors (Lipinski definition) is 4. The Labute approximate surface area is 214 Å². The number of aliphatic hydroxyl groups is 2. The monoisotopic (exact) mass is 563 g/mol. The third-order valence-corrected chi connectivity index (χ3v) is 7.06. The molecule has 1 aromatic carbocycles. The van der Waals surface area contributed by atoms with E-state index in [1.165, 1.54) is 31.2 Å². The molecule has 38 heavy (non-hydrogen) atoms. The van der Waals surface area contributed by atoms with Gasteiger partial charge in [-0.1, -0.05) is 18.2 Å². The number of benzene rings is 1. The SMILES string of the molecule is CC(C)OC(=O)[C@H](C)NP(=O)(OC[C@@]1(C(F)F)O[C@@H](n2ccc(=O)[nH]c2=O)[C@H](O)[C@H]1O)Oc1ccccc1. The van der Waals surface area contributed by atoms with Gasteiger partial charge in [0, 0.05) is 12.3 Å². The number of carbonyl (C=O) groups is 1. The molecule has 2 aromatic rings. The fourth-order valence-electron chi connectivity index (χ4n) is 3.54. The normalized spacial score (nSPS) is 25.8. The van der Waals surface area contributed by atoms with Crippen molar-refractivity contribution >= 4 is 13.7 Å². The molecule has 1 aliphatic rings. The maximum atomic E-state index is 14.4. The molecule has 0 radical (unpaired) electrons. The highest BCUT2D eigenvalue weighted by molar-refractivity contribution is 7.52. The average molecular weight is 563 g/mol. The fraction of sp³-hybridized carbons (Fsp3) is 0.500. The van der Waals surface area contributed by atoms with Crippen LogP contribution in [0.1, 0.15) is 27.0 Å². The molecular formula is C22H28F2N3O10P. The van der Waals surface area contributed by atoms with Gasteiger partial charge in [0.05, 0.1) is 12.7 Å². The zero-order valence-corrected chi connectivity index (χ0v) is 21.4. The van der Waals surface area contributed by atoms with Gasteiger partial charge in [-0.25, -0.2) is 18.1 Å². The minimum absolute atomic E-state index is 0.00977. The lowest BCUT2D eigenvalue weighted by Gasteiger charge is -2.32. The molecule has 0 spiro atoms. The summed E-state index contributed by atoms with van der Waals surface area (Å²) in [6, 6.07) is 7.06. The molecule has 1 unspecified atom stereocenters. The number of halogens is 2. The Bertz CT molecular complexity index is 1270. The zero-order valence-electron chi connectivity index (χ0n) is 20.5. The largest absolute Gasteiger partial charge is 0.462 e. The van der Waals surface area contributed by atoms with Gasteiger partial charge in [0.25, 0.3) is 12.0 Å². The van der Waals surface area contributed by atoms with Crippen molar-refractivity contribution in [2.45, 2.75) is 63.4 Å². The van der Waals surface area contributed by atoms with Crippen LogP contribution < -0.4 is 20.9 Å². The number of nitrogens with one attached hydrogen (secondary N) is 2. The van der Waals surface area contributed by atoms with Crippen molar-refractivity contribution in [1.82, 2.24) is 14.6 Å². The number of ether oxygens (including phenoxy) is 2. The van der Waals surface area contributed by atoms with E-state index in [0.29, 0.717) is 4.57 Å². The van der Waals surface area contributed by atoms with Crippen LogP contribution in [0.4, 0.5) is 8.78 Å². The van der Waals surface area contributed by atoms with E-state index in [0.717, 1.165) is 12.3 Å². The van der Waals surface area contributed by atoms with Crippen LogP contribution in [-0.2, 0) is 23.4 Å².